The molecule has 2 atom stereocenters. The van der Waals surface area contributed by atoms with Gasteiger partial charge in [-0.15, -0.1) is 5.01 Å². The van der Waals surface area contributed by atoms with Crippen molar-refractivity contribution in [2.45, 2.75) is 38.1 Å². The Kier molecular flexibility index (Phi) is 6.69. The molecular formula is C31H25F3N6O2. The number of nitrogens with one attached hydrogen (secondary N) is 1. The van der Waals surface area contributed by atoms with Gasteiger partial charge in [0.25, 0.3) is 11.8 Å². The first kappa shape index (κ1) is 27.1. The third kappa shape index (κ3) is 4.55. The van der Waals surface area contributed by atoms with Crippen LogP contribution in [0.2, 0.25) is 0 Å². The van der Waals surface area contributed by atoms with E-state index in [0.717, 1.165) is 34.5 Å². The molecule has 42 heavy (non-hydrogen) atoms. The van der Waals surface area contributed by atoms with E-state index in [1.54, 1.807) is 15.9 Å². The maximum Gasteiger partial charge on any atom is 0.416 e. The molecule has 2 aliphatic rings. The van der Waals surface area contributed by atoms with Crippen LogP contribution in [0.5, 0.6) is 0 Å². The Morgan fingerprint density at radius 3 is 2.52 bits per heavy atom. The maximum absolute atomic E-state index is 14.2. The molecule has 0 fully saturated rings. The van der Waals surface area contributed by atoms with Crippen LogP contribution in [0.15, 0.2) is 79.0 Å². The van der Waals surface area contributed by atoms with Crippen LogP contribution in [0.3, 0.4) is 0 Å². The van der Waals surface area contributed by atoms with Crippen LogP contribution in [0, 0.1) is 6.57 Å². The summed E-state index contributed by atoms with van der Waals surface area (Å²) in [5.74, 6) is -1.36. The number of likely N-dealkylation sites (N-methyl/N-ethyl adjacent to an activating group) is 1. The fourth-order valence-corrected chi connectivity index (χ4v) is 5.85. The van der Waals surface area contributed by atoms with E-state index in [2.05, 4.69) is 15.4 Å². The van der Waals surface area contributed by atoms with E-state index >= 15 is 0 Å². The van der Waals surface area contributed by atoms with Crippen LogP contribution in [0.4, 0.5) is 19.0 Å². The number of benzene rings is 3. The van der Waals surface area contributed by atoms with E-state index in [9.17, 15) is 22.8 Å². The second kappa shape index (κ2) is 10.4. The Balaban J connectivity index is 1.50. The zero-order chi connectivity index (χ0) is 29.6. The van der Waals surface area contributed by atoms with Crippen molar-refractivity contribution in [3.63, 3.8) is 0 Å². The normalized spacial score (nSPS) is 17.9. The monoisotopic (exact) mass is 570 g/mol. The first-order valence-corrected chi connectivity index (χ1v) is 13.4. The fraction of sp³-hybridized carbons (Fsp3) is 0.226. The number of nitrogens with zero attached hydrogens (tertiary/aromatic N) is 5. The van der Waals surface area contributed by atoms with Gasteiger partial charge in [0, 0.05) is 23.6 Å². The Morgan fingerprint density at radius 1 is 1.05 bits per heavy atom. The smallest absolute Gasteiger partial charge is 0.339 e. The van der Waals surface area contributed by atoms with Crippen LogP contribution in [0.25, 0.3) is 10.6 Å². The Hall–Kier alpha value is -5.11. The maximum atomic E-state index is 14.2. The van der Waals surface area contributed by atoms with Crippen molar-refractivity contribution in [3.05, 3.63) is 124 Å². The van der Waals surface area contributed by atoms with Crippen LogP contribution in [0.1, 0.15) is 51.0 Å². The van der Waals surface area contributed by atoms with Gasteiger partial charge in [0.1, 0.15) is 24.9 Å². The Morgan fingerprint density at radius 2 is 1.81 bits per heavy atom. The molecule has 0 unspecified atom stereocenters. The number of hydrogen-bond acceptors (Lipinski definition) is 4. The van der Waals surface area contributed by atoms with Gasteiger partial charge in [-0.1, -0.05) is 42.5 Å². The van der Waals surface area contributed by atoms with Gasteiger partial charge in [-0.25, -0.2) is 4.68 Å². The number of rotatable bonds is 5. The third-order valence-electron chi connectivity index (χ3n) is 7.76. The summed E-state index contributed by atoms with van der Waals surface area (Å²) in [5, 5.41) is 9.00. The van der Waals surface area contributed by atoms with E-state index < -0.39 is 35.5 Å². The van der Waals surface area contributed by atoms with Crippen molar-refractivity contribution in [1.29, 1.82) is 0 Å². The summed E-state index contributed by atoms with van der Waals surface area (Å²) in [7, 11) is 0. The summed E-state index contributed by atoms with van der Waals surface area (Å²) < 4.78 is 41.9. The number of anilines is 1. The van der Waals surface area contributed by atoms with Crippen molar-refractivity contribution in [2.75, 3.05) is 11.4 Å². The summed E-state index contributed by atoms with van der Waals surface area (Å²) in [6.45, 7) is 10.4. The summed E-state index contributed by atoms with van der Waals surface area (Å²) in [6, 6.07) is 18.0. The molecule has 1 N–H and O–H groups in total. The van der Waals surface area contributed by atoms with E-state index in [1.807, 2.05) is 55.5 Å². The molecule has 0 saturated carbocycles. The van der Waals surface area contributed by atoms with Gasteiger partial charge in [0.2, 0.25) is 0 Å². The van der Waals surface area contributed by atoms with E-state index in [0.29, 0.717) is 24.5 Å². The Labute approximate surface area is 239 Å². The van der Waals surface area contributed by atoms with Crippen LogP contribution >= 0.6 is 0 Å². The molecular weight excluding hydrogens is 545 g/mol. The lowest BCUT2D eigenvalue weighted by Crippen LogP contribution is -2.55. The number of hydrogen-bond donors (Lipinski definition) is 1. The van der Waals surface area contributed by atoms with Crippen molar-refractivity contribution in [3.8, 4) is 5.69 Å². The molecule has 6 rings (SSSR count). The molecule has 8 nitrogen and oxygen atoms in total. The topological polar surface area (TPSA) is 74.8 Å². The predicted molar refractivity (Wildman–Crippen MR) is 148 cm³/mol. The lowest BCUT2D eigenvalue weighted by Gasteiger charge is -2.38. The average molecular weight is 571 g/mol. The van der Waals surface area contributed by atoms with Crippen molar-refractivity contribution < 1.29 is 22.8 Å². The number of fused-ring (bicyclic) bond motifs is 2. The van der Waals surface area contributed by atoms with Crippen molar-refractivity contribution >= 4 is 17.6 Å². The molecule has 4 aromatic rings. The number of alkyl halides is 3. The minimum absolute atomic E-state index is 0.206. The van der Waals surface area contributed by atoms with E-state index in [1.165, 1.54) is 17.0 Å². The van der Waals surface area contributed by atoms with Crippen molar-refractivity contribution in [1.82, 2.24) is 20.1 Å². The minimum Gasteiger partial charge on any atom is -0.339 e. The number of halogens is 3. The highest BCUT2D eigenvalue weighted by Gasteiger charge is 2.46. The molecule has 3 heterocycles. The molecule has 0 radical (unpaired) electrons. The highest BCUT2D eigenvalue weighted by atomic mass is 19.4. The predicted octanol–water partition coefficient (Wildman–Crippen LogP) is 5.34. The van der Waals surface area contributed by atoms with Gasteiger partial charge in [-0.2, -0.15) is 29.8 Å². The molecule has 1 aromatic heterocycles. The van der Waals surface area contributed by atoms with Crippen LogP contribution in [-0.4, -0.2) is 39.2 Å². The first-order valence-electron chi connectivity index (χ1n) is 13.4. The van der Waals surface area contributed by atoms with Gasteiger partial charge < -0.3 is 5.32 Å². The summed E-state index contributed by atoms with van der Waals surface area (Å²) in [6.07, 6.45) is -2.95. The zero-order valence-corrected chi connectivity index (χ0v) is 22.5. The van der Waals surface area contributed by atoms with Crippen molar-refractivity contribution in [2.24, 2.45) is 0 Å². The second-order valence-electron chi connectivity index (χ2n) is 10.2. The second-order valence-corrected chi connectivity index (χ2v) is 10.2. The first-order chi connectivity index (χ1) is 20.2. The van der Waals surface area contributed by atoms with E-state index in [-0.39, 0.29) is 12.1 Å². The third-order valence-corrected chi connectivity index (χ3v) is 7.76. The van der Waals surface area contributed by atoms with Gasteiger partial charge >= 0.3 is 6.18 Å². The molecule has 2 amide bonds. The molecule has 0 bridgehead atoms. The number of carbonyl (C=O) groups is 2. The number of aromatic nitrogens is 2. The van der Waals surface area contributed by atoms with Gasteiger partial charge in [-0.05, 0) is 53.9 Å². The number of carbonyl (C=O) groups excluding carboxylic acids is 2. The summed E-state index contributed by atoms with van der Waals surface area (Å²) in [4.78, 5) is 32.8. The molecule has 2 aliphatic heterocycles. The standard InChI is InChI=1S/C31H25F3N6O2/c1-3-39-29-24(16-36-40(29)22-12-5-4-6-13-22)26(23-14-8-10-20-17-38(35-2)18-25(20)23)27(30(39)42)37-28(41)19-9-7-11-21(15-19)31(32,33)34/h4-16,26-27H,3,17-18H2,1H3,(H,37,41)/t26-,27+/m1/s1. The lowest BCUT2D eigenvalue weighted by molar-refractivity contribution is -0.137. The molecule has 3 aromatic carbocycles. The largest absolute Gasteiger partial charge is 0.416 e. The number of amides is 2. The molecule has 0 saturated heterocycles. The number of para-hydroxylation sites is 1. The average Bonchev–Trinajstić information content (AvgIpc) is 3.62. The summed E-state index contributed by atoms with van der Waals surface area (Å²) in [5.41, 5.74) is 2.84. The summed E-state index contributed by atoms with van der Waals surface area (Å²) >= 11 is 0. The van der Waals surface area contributed by atoms with Crippen LogP contribution in [-0.2, 0) is 24.1 Å². The van der Waals surface area contributed by atoms with Crippen LogP contribution < -0.4 is 10.2 Å². The van der Waals surface area contributed by atoms with E-state index in [4.69, 9.17) is 6.57 Å². The lowest BCUT2D eigenvalue weighted by atomic mass is 9.79. The molecule has 0 aliphatic carbocycles. The quantitative estimate of drug-likeness (QED) is 0.329. The SMILES string of the molecule is [C-]#[N+]N1Cc2cccc([C@@H]3c4cnn(-c5ccccc5)c4N(CC)C(=O)[C@H]3NC(=O)c3cccc(C(F)(F)F)c3)c2C1. The van der Waals surface area contributed by atoms with Gasteiger partial charge in [0.15, 0.2) is 0 Å². The fourth-order valence-electron chi connectivity index (χ4n) is 5.85. The minimum atomic E-state index is -4.63. The van der Waals surface area contributed by atoms with Gasteiger partial charge in [-0.3, -0.25) is 14.5 Å². The highest BCUT2D eigenvalue weighted by Crippen LogP contribution is 2.44. The molecule has 0 spiro atoms. The highest BCUT2D eigenvalue weighted by molar-refractivity contribution is 6.05. The molecule has 11 heteroatoms. The van der Waals surface area contributed by atoms with Gasteiger partial charge in [0.05, 0.1) is 17.4 Å². The molecule has 212 valence electrons. The Bertz CT molecular complexity index is 1730. The zero-order valence-electron chi connectivity index (χ0n) is 22.5.